The van der Waals surface area contributed by atoms with Crippen LogP contribution in [0.3, 0.4) is 0 Å². The molecule has 2 aliphatic heterocycles. The van der Waals surface area contributed by atoms with Crippen LogP contribution in [0, 0.1) is 0 Å². The number of amides is 2. The van der Waals surface area contributed by atoms with Crippen molar-refractivity contribution in [1.29, 1.82) is 0 Å². The first-order chi connectivity index (χ1) is 15.5. The number of methoxy groups -OCH3 is 2. The molecule has 7 nitrogen and oxygen atoms in total. The molecule has 0 radical (unpaired) electrons. The molecule has 1 fully saturated rings. The highest BCUT2D eigenvalue weighted by molar-refractivity contribution is 6.45. The van der Waals surface area contributed by atoms with Crippen LogP contribution in [0.5, 0.6) is 11.5 Å². The number of hydrogen-bond acceptors (Lipinski definition) is 6. The highest BCUT2D eigenvalue weighted by Crippen LogP contribution is 2.38. The van der Waals surface area contributed by atoms with Crippen molar-refractivity contribution in [3.05, 3.63) is 59.3 Å². The predicted octanol–water partition coefficient (Wildman–Crippen LogP) is 3.44. The Hall–Kier alpha value is -3.32. The number of imide groups is 1. The van der Waals surface area contributed by atoms with Gasteiger partial charge >= 0.3 is 0 Å². The zero-order valence-corrected chi connectivity index (χ0v) is 18.9. The van der Waals surface area contributed by atoms with Crippen molar-refractivity contribution >= 4 is 23.1 Å². The van der Waals surface area contributed by atoms with E-state index in [2.05, 4.69) is 13.8 Å². The highest BCUT2D eigenvalue weighted by Gasteiger charge is 2.43. The maximum atomic E-state index is 13.7. The monoisotopic (exact) mass is 436 g/mol. The SMILES string of the molecule is COc1ccc(C2=C(N3CCOCC3)C(=O)N(c3ccc(C(C)C)cc3)C2=O)cc1OC. The molecule has 2 aromatic rings. The molecule has 0 bridgehead atoms. The summed E-state index contributed by atoms with van der Waals surface area (Å²) < 4.78 is 16.2. The number of morpholine rings is 1. The minimum absolute atomic E-state index is 0.320. The molecule has 1 saturated heterocycles. The normalized spacial score (nSPS) is 16.9. The van der Waals surface area contributed by atoms with Crippen molar-refractivity contribution in [3.8, 4) is 11.5 Å². The van der Waals surface area contributed by atoms with Crippen LogP contribution < -0.4 is 14.4 Å². The summed E-state index contributed by atoms with van der Waals surface area (Å²) in [5.74, 6) is 0.750. The molecule has 7 heteroatoms. The van der Waals surface area contributed by atoms with Crippen molar-refractivity contribution in [1.82, 2.24) is 4.90 Å². The molecule has 0 unspecified atom stereocenters. The second-order valence-electron chi connectivity index (χ2n) is 8.08. The number of carbonyl (C=O) groups is 2. The first kappa shape index (κ1) is 21.9. The second kappa shape index (κ2) is 9.04. The molecule has 2 aromatic carbocycles. The maximum Gasteiger partial charge on any atom is 0.282 e. The molecule has 0 aromatic heterocycles. The van der Waals surface area contributed by atoms with E-state index in [0.717, 1.165) is 5.56 Å². The van der Waals surface area contributed by atoms with Gasteiger partial charge in [0.05, 0.1) is 38.7 Å². The van der Waals surface area contributed by atoms with E-state index >= 15 is 0 Å². The van der Waals surface area contributed by atoms with Gasteiger partial charge in [-0.3, -0.25) is 9.59 Å². The van der Waals surface area contributed by atoms with E-state index in [1.807, 2.05) is 29.2 Å². The van der Waals surface area contributed by atoms with Crippen molar-refractivity contribution in [3.63, 3.8) is 0 Å². The van der Waals surface area contributed by atoms with Crippen LogP contribution in [0.15, 0.2) is 48.2 Å². The van der Waals surface area contributed by atoms with Gasteiger partial charge in [-0.25, -0.2) is 4.90 Å². The quantitative estimate of drug-likeness (QED) is 0.647. The van der Waals surface area contributed by atoms with Gasteiger partial charge in [0.25, 0.3) is 11.8 Å². The fraction of sp³-hybridized carbons (Fsp3) is 0.360. The molecule has 0 spiro atoms. The summed E-state index contributed by atoms with van der Waals surface area (Å²) in [5, 5.41) is 0. The van der Waals surface area contributed by atoms with Crippen molar-refractivity contribution in [2.45, 2.75) is 19.8 Å². The van der Waals surface area contributed by atoms with Crippen molar-refractivity contribution in [2.24, 2.45) is 0 Å². The first-order valence-corrected chi connectivity index (χ1v) is 10.7. The van der Waals surface area contributed by atoms with E-state index in [1.54, 1.807) is 32.4 Å². The molecule has 2 amide bonds. The number of benzene rings is 2. The third kappa shape index (κ3) is 3.84. The Bertz CT molecular complexity index is 1050. The van der Waals surface area contributed by atoms with Crippen LogP contribution >= 0.6 is 0 Å². The summed E-state index contributed by atoms with van der Waals surface area (Å²) in [4.78, 5) is 30.5. The van der Waals surface area contributed by atoms with Gasteiger partial charge in [0.15, 0.2) is 11.5 Å². The Morgan fingerprint density at radius 1 is 0.875 bits per heavy atom. The molecular formula is C25H28N2O5. The van der Waals surface area contributed by atoms with E-state index < -0.39 is 0 Å². The van der Waals surface area contributed by atoms with E-state index in [-0.39, 0.29) is 11.8 Å². The molecule has 168 valence electrons. The Morgan fingerprint density at radius 3 is 2.12 bits per heavy atom. The standard InChI is InChI=1S/C25H28N2O5/c1-16(2)17-5-8-19(9-6-17)27-24(28)22(18-7-10-20(30-3)21(15-18)31-4)23(25(27)29)26-11-13-32-14-12-26/h5-10,15-16H,11-14H2,1-4H3. The third-order valence-corrected chi connectivity index (χ3v) is 5.88. The number of nitrogens with zero attached hydrogens (tertiary/aromatic N) is 2. The summed E-state index contributed by atoms with van der Waals surface area (Å²) in [6, 6.07) is 12.9. The smallest absolute Gasteiger partial charge is 0.282 e. The zero-order chi connectivity index (χ0) is 22.8. The first-order valence-electron chi connectivity index (χ1n) is 10.7. The van der Waals surface area contributed by atoms with Gasteiger partial charge in [0, 0.05) is 13.1 Å². The molecule has 0 N–H and O–H groups in total. The van der Waals surface area contributed by atoms with Crippen LogP contribution in [0.25, 0.3) is 5.57 Å². The Morgan fingerprint density at radius 2 is 1.53 bits per heavy atom. The summed E-state index contributed by atoms with van der Waals surface area (Å²) in [7, 11) is 3.10. The minimum Gasteiger partial charge on any atom is -0.493 e. The lowest BCUT2D eigenvalue weighted by atomic mass is 10.0. The van der Waals surface area contributed by atoms with Crippen LogP contribution in [-0.2, 0) is 14.3 Å². The van der Waals surface area contributed by atoms with Crippen LogP contribution in [0.2, 0.25) is 0 Å². The van der Waals surface area contributed by atoms with Crippen LogP contribution in [-0.4, -0.2) is 57.2 Å². The lowest BCUT2D eigenvalue weighted by molar-refractivity contribution is -0.121. The number of ether oxygens (including phenoxy) is 3. The molecule has 32 heavy (non-hydrogen) atoms. The van der Waals surface area contributed by atoms with Gasteiger partial charge in [-0.05, 0) is 41.3 Å². The third-order valence-electron chi connectivity index (χ3n) is 5.88. The van der Waals surface area contributed by atoms with Crippen LogP contribution in [0.4, 0.5) is 5.69 Å². The molecule has 2 heterocycles. The molecule has 0 saturated carbocycles. The second-order valence-corrected chi connectivity index (χ2v) is 8.08. The van der Waals surface area contributed by atoms with Gasteiger partial charge in [-0.2, -0.15) is 0 Å². The van der Waals surface area contributed by atoms with Crippen LogP contribution in [0.1, 0.15) is 30.9 Å². The minimum atomic E-state index is -0.346. The van der Waals surface area contributed by atoms with E-state index in [1.165, 1.54) is 4.90 Å². The summed E-state index contributed by atoms with van der Waals surface area (Å²) >= 11 is 0. The number of hydrogen-bond donors (Lipinski definition) is 0. The van der Waals surface area contributed by atoms with Crippen molar-refractivity contribution < 1.29 is 23.8 Å². The number of rotatable bonds is 6. The molecular weight excluding hydrogens is 408 g/mol. The fourth-order valence-electron chi connectivity index (χ4n) is 4.09. The average molecular weight is 437 g/mol. The lowest BCUT2D eigenvalue weighted by Crippen LogP contribution is -2.40. The van der Waals surface area contributed by atoms with Gasteiger partial charge < -0.3 is 19.1 Å². The maximum absolute atomic E-state index is 13.7. The largest absolute Gasteiger partial charge is 0.493 e. The molecule has 0 aliphatic carbocycles. The summed E-state index contributed by atoms with van der Waals surface area (Å²) in [6.45, 7) is 6.32. The van der Waals surface area contributed by atoms with Gasteiger partial charge in [0.1, 0.15) is 5.70 Å². The predicted molar refractivity (Wildman–Crippen MR) is 122 cm³/mol. The van der Waals surface area contributed by atoms with Crippen molar-refractivity contribution in [2.75, 3.05) is 45.4 Å². The Kier molecular flexibility index (Phi) is 6.19. The van der Waals surface area contributed by atoms with Gasteiger partial charge in [-0.1, -0.05) is 32.0 Å². The molecule has 4 rings (SSSR count). The number of carbonyl (C=O) groups excluding carboxylic acids is 2. The zero-order valence-electron chi connectivity index (χ0n) is 18.9. The van der Waals surface area contributed by atoms with E-state index in [9.17, 15) is 9.59 Å². The molecule has 0 atom stereocenters. The topological polar surface area (TPSA) is 68.3 Å². The van der Waals surface area contributed by atoms with Gasteiger partial charge in [-0.15, -0.1) is 0 Å². The fourth-order valence-corrected chi connectivity index (χ4v) is 4.09. The number of anilines is 1. The Balaban J connectivity index is 1.80. The lowest BCUT2D eigenvalue weighted by Gasteiger charge is -2.29. The molecule has 2 aliphatic rings. The average Bonchev–Trinajstić information content (AvgIpc) is 3.09. The summed E-state index contributed by atoms with van der Waals surface area (Å²) in [5.41, 5.74) is 3.09. The van der Waals surface area contributed by atoms with E-state index in [0.29, 0.717) is 66.2 Å². The van der Waals surface area contributed by atoms with E-state index in [4.69, 9.17) is 14.2 Å². The summed E-state index contributed by atoms with van der Waals surface area (Å²) in [6.07, 6.45) is 0. The highest BCUT2D eigenvalue weighted by atomic mass is 16.5. The Labute approximate surface area is 188 Å². The van der Waals surface area contributed by atoms with Gasteiger partial charge in [0.2, 0.25) is 0 Å².